The summed E-state index contributed by atoms with van der Waals surface area (Å²) in [4.78, 5) is 22.2. The van der Waals surface area contributed by atoms with Crippen LogP contribution in [0, 0.1) is 5.92 Å². The minimum atomic E-state index is 0.328. The molecule has 7 heteroatoms. The third kappa shape index (κ3) is 4.32. The van der Waals surface area contributed by atoms with Crippen LogP contribution in [0.1, 0.15) is 44.4 Å². The minimum absolute atomic E-state index is 0.328. The van der Waals surface area contributed by atoms with E-state index in [-0.39, 0.29) is 0 Å². The number of hydrogen-bond donors (Lipinski definition) is 0. The standard InChI is InChI=1S/C19H26N4O2S/c24-18(8-7-15-4-1-2-5-15)23-11-9-22(10-12-23)14-17-20-19(21-25-17)16-6-3-13-26-16/h3,6,13,15H,1-2,4-5,7-12,14H2. The highest BCUT2D eigenvalue weighted by molar-refractivity contribution is 7.13. The summed E-state index contributed by atoms with van der Waals surface area (Å²) in [5.41, 5.74) is 0. The van der Waals surface area contributed by atoms with Crippen molar-refractivity contribution in [2.45, 2.75) is 45.1 Å². The molecule has 26 heavy (non-hydrogen) atoms. The second-order valence-electron chi connectivity index (χ2n) is 7.34. The average Bonchev–Trinajstić information content (AvgIpc) is 3.41. The van der Waals surface area contributed by atoms with Crippen LogP contribution in [0.2, 0.25) is 0 Å². The molecular weight excluding hydrogens is 348 g/mol. The Kier molecular flexibility index (Phi) is 5.65. The van der Waals surface area contributed by atoms with Crippen LogP contribution in [0.5, 0.6) is 0 Å². The van der Waals surface area contributed by atoms with Crippen LogP contribution in [-0.2, 0) is 11.3 Å². The predicted octanol–water partition coefficient (Wildman–Crippen LogP) is 3.41. The maximum Gasteiger partial charge on any atom is 0.241 e. The Morgan fingerprint density at radius 1 is 1.23 bits per heavy atom. The van der Waals surface area contributed by atoms with Crippen molar-refractivity contribution in [1.29, 1.82) is 0 Å². The van der Waals surface area contributed by atoms with E-state index in [0.717, 1.165) is 49.8 Å². The van der Waals surface area contributed by atoms with Crippen molar-refractivity contribution in [1.82, 2.24) is 19.9 Å². The Hall–Kier alpha value is -1.73. The first-order valence-corrected chi connectivity index (χ1v) is 10.5. The van der Waals surface area contributed by atoms with Gasteiger partial charge in [-0.3, -0.25) is 9.69 Å². The number of carbonyl (C=O) groups excluding carboxylic acids is 1. The molecule has 2 aromatic rings. The molecule has 0 spiro atoms. The lowest BCUT2D eigenvalue weighted by atomic mass is 10.0. The fourth-order valence-electron chi connectivity index (χ4n) is 3.96. The van der Waals surface area contributed by atoms with Gasteiger partial charge in [0.15, 0.2) is 0 Å². The number of nitrogens with zero attached hydrogens (tertiary/aromatic N) is 4. The Morgan fingerprint density at radius 2 is 2.04 bits per heavy atom. The number of amides is 1. The summed E-state index contributed by atoms with van der Waals surface area (Å²) in [6.45, 7) is 3.99. The summed E-state index contributed by atoms with van der Waals surface area (Å²) >= 11 is 1.61. The van der Waals surface area contributed by atoms with Gasteiger partial charge in [0, 0.05) is 32.6 Å². The third-order valence-corrected chi connectivity index (χ3v) is 6.40. The molecule has 2 fully saturated rings. The Labute approximate surface area is 158 Å². The van der Waals surface area contributed by atoms with Crippen LogP contribution in [-0.4, -0.2) is 52.0 Å². The molecule has 1 amide bonds. The highest BCUT2D eigenvalue weighted by atomic mass is 32.1. The summed E-state index contributed by atoms with van der Waals surface area (Å²) in [6.07, 6.45) is 7.13. The lowest BCUT2D eigenvalue weighted by Gasteiger charge is -2.34. The van der Waals surface area contributed by atoms with Crippen molar-refractivity contribution < 1.29 is 9.32 Å². The second kappa shape index (κ2) is 8.31. The number of carbonyl (C=O) groups is 1. The SMILES string of the molecule is O=C(CCC1CCCC1)N1CCN(Cc2nc(-c3cccs3)no2)CC1. The molecule has 140 valence electrons. The van der Waals surface area contributed by atoms with Crippen LogP contribution in [0.3, 0.4) is 0 Å². The van der Waals surface area contributed by atoms with Crippen molar-refractivity contribution in [3.63, 3.8) is 0 Å². The maximum absolute atomic E-state index is 12.4. The topological polar surface area (TPSA) is 62.5 Å². The molecule has 0 atom stereocenters. The molecule has 2 aromatic heterocycles. The van der Waals surface area contributed by atoms with E-state index in [1.165, 1.54) is 25.7 Å². The number of rotatable bonds is 6. The van der Waals surface area contributed by atoms with E-state index in [1.54, 1.807) is 11.3 Å². The highest BCUT2D eigenvalue weighted by Gasteiger charge is 2.24. The van der Waals surface area contributed by atoms with Crippen LogP contribution < -0.4 is 0 Å². The van der Waals surface area contributed by atoms with Gasteiger partial charge in [-0.25, -0.2) is 0 Å². The van der Waals surface area contributed by atoms with Gasteiger partial charge >= 0.3 is 0 Å². The number of aromatic nitrogens is 2. The van der Waals surface area contributed by atoms with Crippen molar-refractivity contribution in [3.05, 3.63) is 23.4 Å². The van der Waals surface area contributed by atoms with Gasteiger partial charge in [-0.05, 0) is 23.8 Å². The number of thiophene rings is 1. The molecule has 6 nitrogen and oxygen atoms in total. The molecule has 1 saturated heterocycles. The molecule has 0 aromatic carbocycles. The summed E-state index contributed by atoms with van der Waals surface area (Å²) in [5, 5.41) is 6.07. The van der Waals surface area contributed by atoms with E-state index in [4.69, 9.17) is 4.52 Å². The van der Waals surface area contributed by atoms with Crippen LogP contribution in [0.4, 0.5) is 0 Å². The highest BCUT2D eigenvalue weighted by Crippen LogP contribution is 2.28. The van der Waals surface area contributed by atoms with Gasteiger partial charge < -0.3 is 9.42 Å². The normalized spacial score (nSPS) is 19.3. The molecule has 1 aliphatic heterocycles. The summed E-state index contributed by atoms with van der Waals surface area (Å²) in [6, 6.07) is 3.98. The van der Waals surface area contributed by atoms with E-state index < -0.39 is 0 Å². The lowest BCUT2D eigenvalue weighted by molar-refractivity contribution is -0.133. The smallest absolute Gasteiger partial charge is 0.241 e. The average molecular weight is 375 g/mol. The van der Waals surface area contributed by atoms with Gasteiger partial charge in [0.05, 0.1) is 11.4 Å². The second-order valence-corrected chi connectivity index (χ2v) is 8.28. The van der Waals surface area contributed by atoms with Crippen LogP contribution in [0.25, 0.3) is 10.7 Å². The molecular formula is C19H26N4O2S. The van der Waals surface area contributed by atoms with E-state index >= 15 is 0 Å². The molecule has 2 aliphatic rings. The minimum Gasteiger partial charge on any atom is -0.340 e. The van der Waals surface area contributed by atoms with Gasteiger partial charge in [0.25, 0.3) is 0 Å². The maximum atomic E-state index is 12.4. The van der Waals surface area contributed by atoms with Crippen molar-refractivity contribution in [2.75, 3.05) is 26.2 Å². The quantitative estimate of drug-likeness (QED) is 0.775. The van der Waals surface area contributed by atoms with Gasteiger partial charge in [-0.2, -0.15) is 4.98 Å². The van der Waals surface area contributed by atoms with E-state index in [2.05, 4.69) is 15.0 Å². The monoisotopic (exact) mass is 374 g/mol. The van der Waals surface area contributed by atoms with Crippen molar-refractivity contribution >= 4 is 17.2 Å². The molecule has 0 radical (unpaired) electrons. The van der Waals surface area contributed by atoms with Crippen LogP contribution >= 0.6 is 11.3 Å². The van der Waals surface area contributed by atoms with Crippen LogP contribution in [0.15, 0.2) is 22.0 Å². The Morgan fingerprint density at radius 3 is 2.77 bits per heavy atom. The first-order valence-electron chi connectivity index (χ1n) is 9.64. The lowest BCUT2D eigenvalue weighted by Crippen LogP contribution is -2.48. The Bertz CT molecular complexity index is 701. The zero-order valence-electron chi connectivity index (χ0n) is 15.1. The molecule has 4 rings (SSSR count). The predicted molar refractivity (Wildman–Crippen MR) is 101 cm³/mol. The van der Waals surface area contributed by atoms with Gasteiger partial charge in [-0.1, -0.05) is 36.9 Å². The van der Waals surface area contributed by atoms with Gasteiger partial charge in [0.2, 0.25) is 17.6 Å². The van der Waals surface area contributed by atoms with E-state index in [1.807, 2.05) is 22.4 Å². The van der Waals surface area contributed by atoms with E-state index in [0.29, 0.717) is 24.2 Å². The molecule has 1 aliphatic carbocycles. The fraction of sp³-hybridized carbons (Fsp3) is 0.632. The summed E-state index contributed by atoms with van der Waals surface area (Å²) in [7, 11) is 0. The first-order chi connectivity index (χ1) is 12.8. The molecule has 3 heterocycles. The van der Waals surface area contributed by atoms with E-state index in [9.17, 15) is 4.79 Å². The van der Waals surface area contributed by atoms with Gasteiger partial charge in [0.1, 0.15) is 0 Å². The molecule has 0 unspecified atom stereocenters. The zero-order chi connectivity index (χ0) is 17.8. The Balaban J connectivity index is 1.21. The molecule has 0 N–H and O–H groups in total. The summed E-state index contributed by atoms with van der Waals surface area (Å²) in [5.74, 6) is 2.43. The van der Waals surface area contributed by atoms with Crippen molar-refractivity contribution in [2.24, 2.45) is 5.92 Å². The van der Waals surface area contributed by atoms with Crippen molar-refractivity contribution in [3.8, 4) is 10.7 Å². The van der Waals surface area contributed by atoms with Gasteiger partial charge in [-0.15, -0.1) is 11.3 Å². The zero-order valence-corrected chi connectivity index (χ0v) is 15.9. The molecule has 1 saturated carbocycles. The first kappa shape index (κ1) is 17.7. The third-order valence-electron chi connectivity index (χ3n) is 5.53. The number of piperazine rings is 1. The number of hydrogen-bond acceptors (Lipinski definition) is 6. The molecule has 0 bridgehead atoms. The largest absolute Gasteiger partial charge is 0.340 e. The summed E-state index contributed by atoms with van der Waals surface area (Å²) < 4.78 is 5.38. The fourth-order valence-corrected chi connectivity index (χ4v) is 4.61.